The number of para-hydroxylation sites is 5. The van der Waals surface area contributed by atoms with Gasteiger partial charge in [0, 0.05) is 49.4 Å². The third kappa shape index (κ3) is 4.77. The summed E-state index contributed by atoms with van der Waals surface area (Å²) in [6, 6.07) is 64.7. The van der Waals surface area contributed by atoms with Crippen LogP contribution < -0.4 is 0 Å². The molecule has 8 aromatic carbocycles. The van der Waals surface area contributed by atoms with Gasteiger partial charge in [-0.3, -0.25) is 0 Å². The number of nitrogens with zero attached hydrogens (tertiary/aromatic N) is 3. The second-order valence-corrected chi connectivity index (χ2v) is 15.2. The van der Waals surface area contributed by atoms with Crippen molar-refractivity contribution in [1.29, 1.82) is 0 Å². The van der Waals surface area contributed by atoms with Crippen molar-refractivity contribution in [2.45, 2.75) is 33.1 Å². The normalized spacial score (nSPS) is 12.0. The van der Waals surface area contributed by atoms with Crippen molar-refractivity contribution in [2.75, 3.05) is 0 Å². The van der Waals surface area contributed by atoms with E-state index in [1.54, 1.807) is 0 Å². The van der Waals surface area contributed by atoms with Crippen LogP contribution in [0.2, 0.25) is 0 Å². The smallest absolute Gasteiger partial charge is 0.0544 e. The largest absolute Gasteiger partial charge is 0.309 e. The van der Waals surface area contributed by atoms with E-state index in [-0.39, 0.29) is 0 Å². The highest BCUT2D eigenvalue weighted by molar-refractivity contribution is 6.16. The van der Waals surface area contributed by atoms with Crippen LogP contribution in [0.5, 0.6) is 0 Å². The molecule has 0 aliphatic rings. The molecular weight excluding hydrogens is 679 g/mol. The van der Waals surface area contributed by atoms with Crippen molar-refractivity contribution in [1.82, 2.24) is 13.7 Å². The van der Waals surface area contributed by atoms with E-state index in [2.05, 4.69) is 203 Å². The zero-order valence-electron chi connectivity index (χ0n) is 31.7. The average Bonchev–Trinajstić information content (AvgIpc) is 3.89. The molecule has 0 spiro atoms. The van der Waals surface area contributed by atoms with Crippen LogP contribution >= 0.6 is 0 Å². The zero-order chi connectivity index (χ0) is 37.3. The Kier molecular flexibility index (Phi) is 7.50. The minimum atomic E-state index is 1.02. The molecule has 0 aliphatic heterocycles. The van der Waals surface area contributed by atoms with E-state index in [0.29, 0.717) is 0 Å². The molecule has 0 unspecified atom stereocenters. The molecular formula is C53H41N3. The summed E-state index contributed by atoms with van der Waals surface area (Å²) in [5.74, 6) is 0. The van der Waals surface area contributed by atoms with Gasteiger partial charge in [-0.1, -0.05) is 116 Å². The van der Waals surface area contributed by atoms with Crippen molar-refractivity contribution in [3.63, 3.8) is 0 Å². The molecule has 0 radical (unpaired) electrons. The standard InChI is InChI=1S/C53H41N3/c1-3-4-21-42-40(39-29-32-50-52(35(39)2)43-23-12-15-26-47(43)55(50)37-19-9-6-10-20-37)30-33-51-53(42)44-24-13-16-27-48(44)56(51)38-28-31-49-45(34-38)41-22-11-14-25-46(41)54(49)36-17-7-5-8-18-36/h5-20,22-34H,3-4,21H2,1-2H3. The summed E-state index contributed by atoms with van der Waals surface area (Å²) in [6.45, 7) is 4.64. The van der Waals surface area contributed by atoms with Gasteiger partial charge in [0.25, 0.3) is 0 Å². The van der Waals surface area contributed by atoms with Crippen LogP contribution in [0.4, 0.5) is 0 Å². The number of aromatic nitrogens is 3. The third-order valence-corrected chi connectivity index (χ3v) is 12.1. The first-order chi connectivity index (χ1) is 27.7. The Morgan fingerprint density at radius 2 is 0.839 bits per heavy atom. The van der Waals surface area contributed by atoms with Gasteiger partial charge in [0.15, 0.2) is 0 Å². The molecule has 0 aliphatic carbocycles. The number of rotatable bonds is 7. The molecule has 3 heteroatoms. The van der Waals surface area contributed by atoms with Crippen molar-refractivity contribution in [3.05, 3.63) is 187 Å². The Hall–Kier alpha value is -6.84. The van der Waals surface area contributed by atoms with E-state index in [4.69, 9.17) is 0 Å². The summed E-state index contributed by atoms with van der Waals surface area (Å²) in [6.07, 6.45) is 3.29. The quantitative estimate of drug-likeness (QED) is 0.156. The topological polar surface area (TPSA) is 14.8 Å². The first-order valence-electron chi connectivity index (χ1n) is 19.9. The number of hydrogen-bond donors (Lipinski definition) is 0. The van der Waals surface area contributed by atoms with Gasteiger partial charge in [0.2, 0.25) is 0 Å². The van der Waals surface area contributed by atoms with E-state index in [0.717, 1.165) is 19.3 Å². The Balaban J connectivity index is 1.16. The lowest BCUT2D eigenvalue weighted by atomic mass is 9.89. The fourth-order valence-electron chi connectivity index (χ4n) is 9.61. The lowest BCUT2D eigenvalue weighted by Crippen LogP contribution is -1.98. The second-order valence-electron chi connectivity index (χ2n) is 15.2. The van der Waals surface area contributed by atoms with Gasteiger partial charge in [-0.2, -0.15) is 0 Å². The van der Waals surface area contributed by atoms with Crippen LogP contribution in [0.3, 0.4) is 0 Å². The monoisotopic (exact) mass is 719 g/mol. The Morgan fingerprint density at radius 3 is 1.48 bits per heavy atom. The molecule has 0 atom stereocenters. The molecule has 56 heavy (non-hydrogen) atoms. The minimum Gasteiger partial charge on any atom is -0.309 e. The highest BCUT2D eigenvalue weighted by atomic mass is 15.0. The maximum Gasteiger partial charge on any atom is 0.0544 e. The SMILES string of the molecule is CCCCc1c(-c2ccc3c(c2C)c2ccccc2n3-c2ccccc2)ccc2c1c1ccccc1n2-c1ccc2c(c1)c1ccccc1n2-c1ccccc1. The Bertz CT molecular complexity index is 3290. The predicted molar refractivity (Wildman–Crippen MR) is 238 cm³/mol. The Morgan fingerprint density at radius 1 is 0.375 bits per heavy atom. The second kappa shape index (κ2) is 12.9. The van der Waals surface area contributed by atoms with Gasteiger partial charge >= 0.3 is 0 Å². The molecule has 3 nitrogen and oxygen atoms in total. The summed E-state index contributed by atoms with van der Waals surface area (Å²) >= 11 is 0. The van der Waals surface area contributed by atoms with E-state index in [9.17, 15) is 0 Å². The van der Waals surface area contributed by atoms with Crippen LogP contribution in [-0.2, 0) is 6.42 Å². The molecule has 3 aromatic heterocycles. The van der Waals surface area contributed by atoms with Crippen LogP contribution in [0.25, 0.3) is 93.6 Å². The fraction of sp³-hybridized carbons (Fsp3) is 0.0943. The number of hydrogen-bond acceptors (Lipinski definition) is 0. The molecule has 11 aromatic rings. The molecule has 0 saturated carbocycles. The van der Waals surface area contributed by atoms with Gasteiger partial charge in [0.1, 0.15) is 0 Å². The van der Waals surface area contributed by atoms with E-state index >= 15 is 0 Å². The Labute approximate surface area is 326 Å². The third-order valence-electron chi connectivity index (χ3n) is 12.1. The van der Waals surface area contributed by atoms with Gasteiger partial charge in [-0.05, 0) is 115 Å². The summed E-state index contributed by atoms with van der Waals surface area (Å²) in [7, 11) is 0. The minimum absolute atomic E-state index is 1.02. The van der Waals surface area contributed by atoms with Crippen LogP contribution in [0, 0.1) is 6.92 Å². The molecule has 0 bridgehead atoms. The van der Waals surface area contributed by atoms with Crippen LogP contribution in [0.15, 0.2) is 176 Å². The number of aryl methyl sites for hydroxylation is 2. The summed E-state index contributed by atoms with van der Waals surface area (Å²) in [5.41, 5.74) is 16.4. The number of benzene rings is 8. The first kappa shape index (κ1) is 32.6. The van der Waals surface area contributed by atoms with Crippen molar-refractivity contribution in [3.8, 4) is 28.2 Å². The molecule has 11 rings (SSSR count). The predicted octanol–water partition coefficient (Wildman–Crippen LogP) is 14.3. The van der Waals surface area contributed by atoms with Crippen LogP contribution in [0.1, 0.15) is 30.9 Å². The molecule has 0 amide bonds. The maximum absolute atomic E-state index is 2.50. The van der Waals surface area contributed by atoms with E-state index in [1.165, 1.54) is 105 Å². The maximum atomic E-state index is 2.50. The van der Waals surface area contributed by atoms with E-state index < -0.39 is 0 Å². The summed E-state index contributed by atoms with van der Waals surface area (Å²) in [4.78, 5) is 0. The molecule has 268 valence electrons. The van der Waals surface area contributed by atoms with Crippen molar-refractivity contribution in [2.24, 2.45) is 0 Å². The van der Waals surface area contributed by atoms with Gasteiger partial charge in [-0.15, -0.1) is 0 Å². The number of fused-ring (bicyclic) bond motifs is 9. The van der Waals surface area contributed by atoms with Crippen molar-refractivity contribution >= 4 is 65.4 Å². The zero-order valence-corrected chi connectivity index (χ0v) is 31.7. The lowest BCUT2D eigenvalue weighted by Gasteiger charge is -2.16. The molecule has 0 fully saturated rings. The van der Waals surface area contributed by atoms with E-state index in [1.807, 2.05) is 0 Å². The molecule has 0 N–H and O–H groups in total. The number of unbranched alkanes of at least 4 members (excludes halogenated alkanes) is 1. The van der Waals surface area contributed by atoms with Gasteiger partial charge in [-0.25, -0.2) is 0 Å². The molecule has 0 saturated heterocycles. The lowest BCUT2D eigenvalue weighted by molar-refractivity contribution is 0.800. The van der Waals surface area contributed by atoms with Gasteiger partial charge in [0.05, 0.1) is 33.1 Å². The highest BCUT2D eigenvalue weighted by Gasteiger charge is 2.22. The molecule has 3 heterocycles. The highest BCUT2D eigenvalue weighted by Crippen LogP contribution is 2.44. The summed E-state index contributed by atoms with van der Waals surface area (Å²) < 4.78 is 7.32. The average molecular weight is 720 g/mol. The van der Waals surface area contributed by atoms with Gasteiger partial charge < -0.3 is 13.7 Å². The van der Waals surface area contributed by atoms with Crippen LogP contribution in [-0.4, -0.2) is 13.7 Å². The fourth-order valence-corrected chi connectivity index (χ4v) is 9.61. The summed E-state index contributed by atoms with van der Waals surface area (Å²) in [5, 5.41) is 7.82. The first-order valence-corrected chi connectivity index (χ1v) is 19.9. The van der Waals surface area contributed by atoms with Crippen molar-refractivity contribution < 1.29 is 0 Å².